The maximum absolute atomic E-state index is 10.2. The summed E-state index contributed by atoms with van der Waals surface area (Å²) in [5, 5.41) is 10.2. The molecular weight excluding hydrogens is 371 g/mol. The summed E-state index contributed by atoms with van der Waals surface area (Å²) in [7, 11) is 2.15. The minimum Gasteiger partial charge on any atom is -1.00 e. The van der Waals surface area contributed by atoms with Crippen molar-refractivity contribution in [3.05, 3.63) is 29.8 Å². The van der Waals surface area contributed by atoms with E-state index in [9.17, 15) is 5.11 Å². The van der Waals surface area contributed by atoms with E-state index in [1.54, 1.807) is 0 Å². The van der Waals surface area contributed by atoms with Crippen LogP contribution in [0.2, 0.25) is 0 Å². The number of aliphatic hydroxyl groups is 1. The highest BCUT2D eigenvalue weighted by atomic mass is 35.5. The number of aliphatic hydroxyl groups excluding tert-OH is 1. The normalized spacial score (nSPS) is 20.7. The van der Waals surface area contributed by atoms with Crippen LogP contribution in [0.15, 0.2) is 24.3 Å². The Morgan fingerprint density at radius 1 is 1.00 bits per heavy atom. The highest BCUT2D eigenvalue weighted by Gasteiger charge is 2.18. The van der Waals surface area contributed by atoms with Gasteiger partial charge in [0.25, 0.3) is 0 Å². The Balaban J connectivity index is 0.00000169. The van der Waals surface area contributed by atoms with Crippen LogP contribution in [0.1, 0.15) is 43.6 Å². The molecule has 0 bridgehead atoms. The van der Waals surface area contributed by atoms with Crippen molar-refractivity contribution in [2.45, 2.75) is 44.1 Å². The third-order valence-electron chi connectivity index (χ3n) is 5.46. The van der Waals surface area contributed by atoms with Crippen LogP contribution in [0, 0.1) is 0 Å². The number of ether oxygens (including phenoxy) is 1. The van der Waals surface area contributed by atoms with E-state index in [4.69, 9.17) is 4.74 Å². The number of hydrogen-bond acceptors (Lipinski definition) is 4. The molecule has 1 aliphatic carbocycles. The van der Waals surface area contributed by atoms with Crippen LogP contribution in [-0.4, -0.2) is 67.4 Å². The highest BCUT2D eigenvalue weighted by molar-refractivity contribution is 5.29. The van der Waals surface area contributed by atoms with Gasteiger partial charge in [0.1, 0.15) is 18.5 Å². The molecule has 1 aromatic carbocycles. The second kappa shape index (κ2) is 12.0. The van der Waals surface area contributed by atoms with Gasteiger partial charge in [0.15, 0.2) is 0 Å². The number of halogens is 2. The predicted octanol–water partition coefficient (Wildman–Crippen LogP) is -3.27. The average molecular weight is 403 g/mol. The van der Waals surface area contributed by atoms with Crippen LogP contribution in [-0.2, 0) is 0 Å². The number of likely N-dealkylation sites (N-methyl/N-ethyl adjacent to an activating group) is 1. The van der Waals surface area contributed by atoms with E-state index in [-0.39, 0.29) is 24.8 Å². The molecule has 1 heterocycles. The summed E-state index contributed by atoms with van der Waals surface area (Å²) in [6, 6.07) is 8.54. The summed E-state index contributed by atoms with van der Waals surface area (Å²) in [6.07, 6.45) is 6.34. The quantitative estimate of drug-likeness (QED) is 0.541. The number of nitrogens with zero attached hydrogens (tertiary/aromatic N) is 2. The molecule has 1 unspecified atom stereocenters. The van der Waals surface area contributed by atoms with Gasteiger partial charge >= 0.3 is 0 Å². The van der Waals surface area contributed by atoms with Crippen LogP contribution in [0.25, 0.3) is 0 Å². The van der Waals surface area contributed by atoms with E-state index in [0.717, 1.165) is 37.8 Å². The van der Waals surface area contributed by atoms with Gasteiger partial charge in [0.05, 0.1) is 0 Å². The first-order valence-electron chi connectivity index (χ1n) is 9.52. The monoisotopic (exact) mass is 402 g/mol. The van der Waals surface area contributed by atoms with Crippen molar-refractivity contribution in [2.24, 2.45) is 0 Å². The van der Waals surface area contributed by atoms with Crippen molar-refractivity contribution in [1.29, 1.82) is 0 Å². The van der Waals surface area contributed by atoms with E-state index in [1.807, 2.05) is 0 Å². The molecule has 1 N–H and O–H groups in total. The number of piperazine rings is 1. The lowest BCUT2D eigenvalue weighted by Gasteiger charge is -2.33. The molecule has 3 rings (SSSR count). The van der Waals surface area contributed by atoms with E-state index in [0.29, 0.717) is 13.2 Å². The van der Waals surface area contributed by atoms with E-state index in [1.165, 1.54) is 37.7 Å². The Kier molecular flexibility index (Phi) is 10.9. The Bertz CT molecular complexity index is 487. The third-order valence-corrected chi connectivity index (χ3v) is 5.46. The van der Waals surface area contributed by atoms with Crippen LogP contribution < -0.4 is 29.6 Å². The maximum atomic E-state index is 10.2. The number of hydrogen-bond donors (Lipinski definition) is 1. The number of β-amino-alcohol motifs (C(OH)–C–C–N with tert-alkyl or cyclic N) is 1. The molecule has 2 aliphatic rings. The van der Waals surface area contributed by atoms with Gasteiger partial charge in [-0.2, -0.15) is 0 Å². The topological polar surface area (TPSA) is 35.9 Å². The zero-order valence-electron chi connectivity index (χ0n) is 15.7. The summed E-state index contributed by atoms with van der Waals surface area (Å²) < 4.78 is 5.79. The molecule has 1 aromatic rings. The number of benzene rings is 1. The summed E-state index contributed by atoms with van der Waals surface area (Å²) >= 11 is 0. The minimum atomic E-state index is -0.425. The zero-order chi connectivity index (χ0) is 16.8. The molecule has 1 aliphatic heterocycles. The van der Waals surface area contributed by atoms with E-state index in [2.05, 4.69) is 41.1 Å². The molecule has 4 nitrogen and oxygen atoms in total. The van der Waals surface area contributed by atoms with Gasteiger partial charge < -0.3 is 39.6 Å². The molecule has 0 amide bonds. The largest absolute Gasteiger partial charge is 1.00 e. The van der Waals surface area contributed by atoms with Gasteiger partial charge in [0, 0.05) is 32.7 Å². The zero-order valence-corrected chi connectivity index (χ0v) is 17.3. The van der Waals surface area contributed by atoms with Gasteiger partial charge in [-0.15, -0.1) is 0 Å². The lowest BCUT2D eigenvalue weighted by atomic mass is 9.84. The van der Waals surface area contributed by atoms with Crippen LogP contribution in [0.4, 0.5) is 0 Å². The molecule has 6 heteroatoms. The van der Waals surface area contributed by atoms with Gasteiger partial charge in [-0.3, -0.25) is 4.90 Å². The minimum absolute atomic E-state index is 0. The van der Waals surface area contributed by atoms with Crippen LogP contribution >= 0.6 is 0 Å². The average Bonchev–Trinajstić information content (AvgIpc) is 2.63. The van der Waals surface area contributed by atoms with Gasteiger partial charge in [-0.05, 0) is 43.5 Å². The molecule has 1 atom stereocenters. The molecular formula is C20H32Cl2N2O2-2. The molecule has 26 heavy (non-hydrogen) atoms. The predicted molar refractivity (Wildman–Crippen MR) is 97.7 cm³/mol. The molecule has 150 valence electrons. The first-order valence-corrected chi connectivity index (χ1v) is 9.52. The SMILES string of the molecule is CN1CCN(CC(O)COc2ccc(C3CCCCC3)cc2)CC1.[Cl-].[Cl-]. The fraction of sp³-hybridized carbons (Fsp3) is 0.700. The Morgan fingerprint density at radius 3 is 2.23 bits per heavy atom. The van der Waals surface area contributed by atoms with Crippen molar-refractivity contribution in [3.8, 4) is 5.75 Å². The lowest BCUT2D eigenvalue weighted by molar-refractivity contribution is -0.00100. The Labute approximate surface area is 170 Å². The van der Waals surface area contributed by atoms with Crippen molar-refractivity contribution < 1.29 is 34.7 Å². The summed E-state index contributed by atoms with van der Waals surface area (Å²) in [6.45, 7) is 5.29. The third kappa shape index (κ3) is 7.24. The Morgan fingerprint density at radius 2 is 1.62 bits per heavy atom. The summed E-state index contributed by atoms with van der Waals surface area (Å²) in [4.78, 5) is 4.65. The molecule has 2 fully saturated rings. The maximum Gasteiger partial charge on any atom is 0.119 e. The van der Waals surface area contributed by atoms with Crippen molar-refractivity contribution in [3.63, 3.8) is 0 Å². The van der Waals surface area contributed by atoms with Gasteiger partial charge in [-0.1, -0.05) is 31.4 Å². The standard InChI is InChI=1S/C20H32N2O2.2ClH/c1-21-11-13-22(14-12-21)15-19(23)16-24-20-9-7-18(8-10-20)17-5-3-2-4-6-17;;/h7-10,17,19,23H,2-6,11-16H2,1H3;2*1H/p-2. The molecule has 0 aromatic heterocycles. The first-order chi connectivity index (χ1) is 11.7. The first kappa shape index (κ1) is 23.5. The second-order valence-corrected chi connectivity index (χ2v) is 7.47. The summed E-state index contributed by atoms with van der Waals surface area (Å²) in [5.74, 6) is 1.60. The smallest absolute Gasteiger partial charge is 0.119 e. The second-order valence-electron chi connectivity index (χ2n) is 7.47. The number of rotatable bonds is 6. The van der Waals surface area contributed by atoms with Crippen LogP contribution in [0.5, 0.6) is 5.75 Å². The van der Waals surface area contributed by atoms with E-state index < -0.39 is 6.10 Å². The fourth-order valence-corrected chi connectivity index (χ4v) is 3.85. The highest BCUT2D eigenvalue weighted by Crippen LogP contribution is 2.33. The van der Waals surface area contributed by atoms with E-state index >= 15 is 0 Å². The summed E-state index contributed by atoms with van der Waals surface area (Å²) in [5.41, 5.74) is 1.44. The molecule has 0 radical (unpaired) electrons. The molecule has 0 spiro atoms. The molecule has 1 saturated carbocycles. The van der Waals surface area contributed by atoms with Crippen LogP contribution in [0.3, 0.4) is 0 Å². The molecule has 1 saturated heterocycles. The Hall–Kier alpha value is -0.520. The van der Waals surface area contributed by atoms with Crippen molar-refractivity contribution in [2.75, 3.05) is 46.4 Å². The van der Waals surface area contributed by atoms with Crippen molar-refractivity contribution in [1.82, 2.24) is 9.80 Å². The lowest BCUT2D eigenvalue weighted by Crippen LogP contribution is -3.00. The van der Waals surface area contributed by atoms with Crippen molar-refractivity contribution >= 4 is 0 Å². The fourth-order valence-electron chi connectivity index (χ4n) is 3.85. The van der Waals surface area contributed by atoms with Gasteiger partial charge in [-0.25, -0.2) is 0 Å². The van der Waals surface area contributed by atoms with Gasteiger partial charge in [0.2, 0.25) is 0 Å².